The van der Waals surface area contributed by atoms with E-state index in [1.54, 1.807) is 0 Å². The molecular weight excluding hydrogens is 189 g/mol. The van der Waals surface area contributed by atoms with E-state index in [2.05, 4.69) is 9.72 Å². The summed E-state index contributed by atoms with van der Waals surface area (Å²) in [4.78, 5) is 3.15. The van der Waals surface area contributed by atoms with Crippen LogP contribution in [-0.2, 0) is 0 Å². The molecule has 0 spiro atoms. The third kappa shape index (κ3) is 2.69. The summed E-state index contributed by atoms with van der Waals surface area (Å²) in [6.45, 7) is 0. The van der Waals surface area contributed by atoms with Gasteiger partial charge in [-0.25, -0.2) is 4.98 Å². The van der Waals surface area contributed by atoms with E-state index in [9.17, 15) is 13.2 Å². The van der Waals surface area contributed by atoms with Gasteiger partial charge in [0.25, 0.3) is 0 Å². The van der Waals surface area contributed by atoms with Gasteiger partial charge >= 0.3 is 6.36 Å². The van der Waals surface area contributed by atoms with Gasteiger partial charge in [-0.2, -0.15) is 0 Å². The Morgan fingerprint density at radius 3 is 2.54 bits per heavy atom. The van der Waals surface area contributed by atoms with Crippen molar-refractivity contribution in [2.45, 2.75) is 6.36 Å². The molecule has 1 heterocycles. The topological polar surface area (TPSA) is 68.4 Å². The highest BCUT2D eigenvalue weighted by Crippen LogP contribution is 2.26. The van der Waals surface area contributed by atoms with Crippen molar-refractivity contribution in [1.82, 2.24) is 4.98 Å². The third-order valence-electron chi connectivity index (χ3n) is 1.11. The highest BCUT2D eigenvalue weighted by atomic mass is 19.4. The van der Waals surface area contributed by atoms with E-state index < -0.39 is 18.0 Å². The summed E-state index contributed by atoms with van der Waals surface area (Å²) < 4.78 is 38.3. The zero-order valence-electron chi connectivity index (χ0n) is 6.17. The maximum absolute atomic E-state index is 11.6. The van der Waals surface area contributed by atoms with Crippen molar-refractivity contribution in [3.63, 3.8) is 0 Å². The molecule has 0 fully saturated rings. The molecule has 0 amide bonds. The van der Waals surface area contributed by atoms with Crippen molar-refractivity contribution < 1.29 is 23.0 Å². The quantitative estimate of drug-likeness (QED) is 0.706. The van der Waals surface area contributed by atoms with Gasteiger partial charge in [-0.05, 0) is 0 Å². The maximum Gasteiger partial charge on any atom is 0.574 e. The van der Waals surface area contributed by atoms with E-state index in [0.717, 1.165) is 12.3 Å². The second kappa shape index (κ2) is 3.00. The Balaban J connectivity index is 2.86. The van der Waals surface area contributed by atoms with Crippen molar-refractivity contribution in [3.8, 4) is 11.6 Å². The largest absolute Gasteiger partial charge is 0.574 e. The first kappa shape index (κ1) is 9.43. The molecule has 1 aromatic heterocycles. The van der Waals surface area contributed by atoms with Gasteiger partial charge in [-0.15, -0.1) is 13.2 Å². The molecule has 1 rings (SSSR count). The monoisotopic (exact) mass is 194 g/mol. The van der Waals surface area contributed by atoms with Crippen LogP contribution in [0.5, 0.6) is 11.6 Å². The number of ether oxygens (including phenoxy) is 1. The van der Waals surface area contributed by atoms with Crippen LogP contribution < -0.4 is 10.5 Å². The summed E-state index contributed by atoms with van der Waals surface area (Å²) in [5.74, 6) is -1.10. The molecule has 0 saturated carbocycles. The fourth-order valence-corrected chi connectivity index (χ4v) is 0.618. The van der Waals surface area contributed by atoms with Gasteiger partial charge in [0.2, 0.25) is 5.88 Å². The van der Waals surface area contributed by atoms with Gasteiger partial charge < -0.3 is 15.6 Å². The molecule has 0 aliphatic rings. The molecule has 0 aliphatic heterocycles. The van der Waals surface area contributed by atoms with E-state index in [4.69, 9.17) is 10.8 Å². The molecule has 0 atom stereocenters. The van der Waals surface area contributed by atoms with Gasteiger partial charge in [0.1, 0.15) is 0 Å². The van der Waals surface area contributed by atoms with E-state index in [-0.39, 0.29) is 5.69 Å². The van der Waals surface area contributed by atoms with Gasteiger partial charge in [0, 0.05) is 6.07 Å². The molecule has 0 aromatic carbocycles. The average Bonchev–Trinajstić information content (AvgIpc) is 1.94. The fraction of sp³-hybridized carbons (Fsp3) is 0.167. The second-order valence-electron chi connectivity index (χ2n) is 2.13. The molecular formula is C6H5F3N2O2. The van der Waals surface area contributed by atoms with Crippen LogP contribution in [0.2, 0.25) is 0 Å². The highest BCUT2D eigenvalue weighted by molar-refractivity contribution is 5.51. The second-order valence-corrected chi connectivity index (χ2v) is 2.13. The van der Waals surface area contributed by atoms with Crippen LogP contribution >= 0.6 is 0 Å². The van der Waals surface area contributed by atoms with Crippen molar-refractivity contribution in [2.75, 3.05) is 5.73 Å². The van der Waals surface area contributed by atoms with Crippen LogP contribution in [0.1, 0.15) is 0 Å². The minimum absolute atomic E-state index is 0.228. The molecule has 7 heteroatoms. The number of pyridine rings is 1. The number of aromatic hydroxyl groups is 1. The smallest absolute Gasteiger partial charge is 0.504 e. The zero-order chi connectivity index (χ0) is 10.1. The van der Waals surface area contributed by atoms with Crippen molar-refractivity contribution in [1.29, 1.82) is 0 Å². The molecule has 0 aliphatic carbocycles. The van der Waals surface area contributed by atoms with Crippen LogP contribution in [0, 0.1) is 0 Å². The van der Waals surface area contributed by atoms with E-state index in [0.29, 0.717) is 0 Å². The van der Waals surface area contributed by atoms with Gasteiger partial charge in [0.15, 0.2) is 5.75 Å². The van der Waals surface area contributed by atoms with Gasteiger partial charge in [-0.1, -0.05) is 0 Å². The summed E-state index contributed by atoms with van der Waals surface area (Å²) >= 11 is 0. The number of anilines is 1. The number of nitrogens with two attached hydrogens (primary N) is 1. The molecule has 0 unspecified atom stereocenters. The maximum atomic E-state index is 11.6. The summed E-state index contributed by atoms with van der Waals surface area (Å²) in [7, 11) is 0. The van der Waals surface area contributed by atoms with Crippen LogP contribution in [0.25, 0.3) is 0 Å². The number of hydrogen-bond donors (Lipinski definition) is 2. The molecule has 72 valence electrons. The standard InChI is InChI=1S/C6H5F3N2O2/c7-6(8,9)13-5-1-3(10)4(12)2-11-5/h1-2,12H,(H2,10,11). The van der Waals surface area contributed by atoms with Crippen LogP contribution in [0.3, 0.4) is 0 Å². The Morgan fingerprint density at radius 1 is 1.46 bits per heavy atom. The molecule has 0 radical (unpaired) electrons. The van der Waals surface area contributed by atoms with Gasteiger partial charge in [-0.3, -0.25) is 0 Å². The van der Waals surface area contributed by atoms with Crippen molar-refractivity contribution >= 4 is 5.69 Å². The average molecular weight is 194 g/mol. The van der Waals surface area contributed by atoms with Crippen molar-refractivity contribution in [2.24, 2.45) is 0 Å². The molecule has 0 bridgehead atoms. The lowest BCUT2D eigenvalue weighted by atomic mass is 10.4. The van der Waals surface area contributed by atoms with Gasteiger partial charge in [0.05, 0.1) is 11.9 Å². The fourth-order valence-electron chi connectivity index (χ4n) is 0.618. The Bertz CT molecular complexity index is 313. The first-order chi connectivity index (χ1) is 5.88. The van der Waals surface area contributed by atoms with Crippen LogP contribution in [0.15, 0.2) is 12.3 Å². The predicted molar refractivity (Wildman–Crippen MR) is 37.0 cm³/mol. The number of alkyl halides is 3. The number of hydrogen-bond acceptors (Lipinski definition) is 4. The Morgan fingerprint density at radius 2 is 2.08 bits per heavy atom. The molecule has 3 N–H and O–H groups in total. The first-order valence-electron chi connectivity index (χ1n) is 3.09. The first-order valence-corrected chi connectivity index (χ1v) is 3.09. The zero-order valence-corrected chi connectivity index (χ0v) is 6.17. The lowest BCUT2D eigenvalue weighted by Gasteiger charge is -2.07. The van der Waals surface area contributed by atoms with E-state index in [1.165, 1.54) is 0 Å². The normalized spacial score (nSPS) is 11.3. The minimum Gasteiger partial charge on any atom is -0.504 e. The highest BCUT2D eigenvalue weighted by Gasteiger charge is 2.31. The molecule has 4 nitrogen and oxygen atoms in total. The summed E-state index contributed by atoms with van der Waals surface area (Å²) in [5.41, 5.74) is 4.87. The number of halogens is 3. The summed E-state index contributed by atoms with van der Waals surface area (Å²) in [5, 5.41) is 8.82. The third-order valence-corrected chi connectivity index (χ3v) is 1.11. The number of aromatic nitrogens is 1. The van der Waals surface area contributed by atoms with E-state index in [1.807, 2.05) is 0 Å². The number of rotatable bonds is 1. The SMILES string of the molecule is Nc1cc(OC(F)(F)F)ncc1O. The Kier molecular flexibility index (Phi) is 2.18. The lowest BCUT2D eigenvalue weighted by Crippen LogP contribution is -2.17. The van der Waals surface area contributed by atoms with Crippen LogP contribution in [-0.4, -0.2) is 16.5 Å². The molecule has 13 heavy (non-hydrogen) atoms. The predicted octanol–water partition coefficient (Wildman–Crippen LogP) is 1.27. The number of nitrogen functional groups attached to an aromatic ring is 1. The Labute approximate surface area is 70.8 Å². The number of nitrogens with zero attached hydrogens (tertiary/aromatic N) is 1. The molecule has 1 aromatic rings. The van der Waals surface area contributed by atoms with E-state index >= 15 is 0 Å². The minimum atomic E-state index is -4.81. The van der Waals surface area contributed by atoms with Crippen molar-refractivity contribution in [3.05, 3.63) is 12.3 Å². The molecule has 0 saturated heterocycles. The summed E-state index contributed by atoms with van der Waals surface area (Å²) in [6, 6.07) is 0.781. The summed E-state index contributed by atoms with van der Waals surface area (Å²) in [6.07, 6.45) is -4.03. The lowest BCUT2D eigenvalue weighted by molar-refractivity contribution is -0.276. The Hall–Kier alpha value is -1.66. The van der Waals surface area contributed by atoms with Crippen LogP contribution in [0.4, 0.5) is 18.9 Å².